The van der Waals surface area contributed by atoms with Crippen LogP contribution in [0.3, 0.4) is 0 Å². The van der Waals surface area contributed by atoms with Gasteiger partial charge < -0.3 is 15.1 Å². The van der Waals surface area contributed by atoms with Gasteiger partial charge >= 0.3 is 0 Å². The number of guanidine groups is 1. The second kappa shape index (κ2) is 11.8. The monoisotopic (exact) mass is 498 g/mol. The number of sulfonamides is 1. The van der Waals surface area contributed by atoms with Gasteiger partial charge in [-0.25, -0.2) is 12.7 Å². The average molecular weight is 498 g/mol. The molecular formula is C17H31IN4O3S. The first kappa shape index (κ1) is 23.2. The maximum absolute atomic E-state index is 11.9. The summed E-state index contributed by atoms with van der Waals surface area (Å²) in [5.74, 6) is 1.91. The minimum absolute atomic E-state index is 0. The minimum Gasteiger partial charge on any atom is -0.469 e. The van der Waals surface area contributed by atoms with E-state index in [1.807, 2.05) is 12.1 Å². The van der Waals surface area contributed by atoms with Gasteiger partial charge in [0.1, 0.15) is 5.76 Å². The van der Waals surface area contributed by atoms with E-state index in [-0.39, 0.29) is 35.8 Å². The molecule has 0 radical (unpaired) electrons. The quantitative estimate of drug-likeness (QED) is 0.326. The van der Waals surface area contributed by atoms with E-state index in [1.54, 1.807) is 17.5 Å². The summed E-state index contributed by atoms with van der Waals surface area (Å²) in [4.78, 5) is 4.57. The Hall–Kier alpha value is -0.810. The molecule has 1 aliphatic rings. The van der Waals surface area contributed by atoms with E-state index in [1.165, 1.54) is 0 Å². The van der Waals surface area contributed by atoms with E-state index in [0.29, 0.717) is 13.1 Å². The molecular weight excluding hydrogens is 467 g/mol. The topological polar surface area (TPSA) is 86.9 Å². The average Bonchev–Trinajstić information content (AvgIpc) is 3.13. The molecule has 1 aliphatic heterocycles. The first-order valence-electron chi connectivity index (χ1n) is 9.10. The molecule has 150 valence electrons. The third kappa shape index (κ3) is 7.43. The zero-order chi connectivity index (χ0) is 18.1. The fourth-order valence-electron chi connectivity index (χ4n) is 2.79. The molecule has 1 aromatic rings. The van der Waals surface area contributed by atoms with Crippen molar-refractivity contribution in [1.82, 2.24) is 14.9 Å². The van der Waals surface area contributed by atoms with Gasteiger partial charge in [-0.2, -0.15) is 0 Å². The largest absolute Gasteiger partial charge is 0.469 e. The summed E-state index contributed by atoms with van der Waals surface area (Å²) in [6.45, 7) is 6.43. The summed E-state index contributed by atoms with van der Waals surface area (Å²) in [7, 11) is -3.08. The Morgan fingerprint density at radius 3 is 2.65 bits per heavy atom. The highest BCUT2D eigenvalue weighted by atomic mass is 127. The Morgan fingerprint density at radius 2 is 2.08 bits per heavy atom. The van der Waals surface area contributed by atoms with Crippen molar-refractivity contribution in [3.63, 3.8) is 0 Å². The summed E-state index contributed by atoms with van der Waals surface area (Å²) in [6, 6.07) is 4.09. The molecule has 0 atom stereocenters. The van der Waals surface area contributed by atoms with Crippen molar-refractivity contribution in [3.8, 4) is 0 Å². The summed E-state index contributed by atoms with van der Waals surface area (Å²) in [5.41, 5.74) is 0. The maximum atomic E-state index is 11.9. The standard InChI is InChI=1S/C17H30N4O3S.HI/c1-3-10-18-17(19-11-7-16-6-5-14-24-16)20-15-8-12-21(13-9-15)25(22,23)4-2;/h5-6,14-15H,3-4,7-13H2,1-2H3,(H2,18,19,20);1H. The molecule has 0 spiro atoms. The lowest BCUT2D eigenvalue weighted by atomic mass is 10.1. The van der Waals surface area contributed by atoms with Crippen LogP contribution in [-0.2, 0) is 16.4 Å². The number of aliphatic imine (C=N–C) groups is 1. The Morgan fingerprint density at radius 1 is 1.35 bits per heavy atom. The van der Waals surface area contributed by atoms with E-state index in [9.17, 15) is 8.42 Å². The fraction of sp³-hybridized carbons (Fsp3) is 0.706. The van der Waals surface area contributed by atoms with Crippen LogP contribution in [0.15, 0.2) is 27.8 Å². The Balaban J connectivity index is 0.00000338. The van der Waals surface area contributed by atoms with Gasteiger partial charge in [0.25, 0.3) is 0 Å². The van der Waals surface area contributed by atoms with Crippen LogP contribution in [0.2, 0.25) is 0 Å². The highest BCUT2D eigenvalue weighted by molar-refractivity contribution is 14.0. The van der Waals surface area contributed by atoms with E-state index < -0.39 is 10.0 Å². The molecule has 0 aliphatic carbocycles. The number of halogens is 1. The predicted molar refractivity (Wildman–Crippen MR) is 116 cm³/mol. The first-order chi connectivity index (χ1) is 12.0. The van der Waals surface area contributed by atoms with E-state index in [4.69, 9.17) is 4.42 Å². The number of hydrogen-bond donors (Lipinski definition) is 2. The Labute approximate surface area is 174 Å². The van der Waals surface area contributed by atoms with Crippen LogP contribution in [0.5, 0.6) is 0 Å². The maximum Gasteiger partial charge on any atom is 0.213 e. The van der Waals surface area contributed by atoms with E-state index >= 15 is 0 Å². The molecule has 0 aromatic carbocycles. The van der Waals surface area contributed by atoms with Crippen molar-refractivity contribution in [1.29, 1.82) is 0 Å². The van der Waals surface area contributed by atoms with E-state index in [2.05, 4.69) is 22.5 Å². The van der Waals surface area contributed by atoms with Crippen molar-refractivity contribution in [2.75, 3.05) is 31.9 Å². The molecule has 1 fully saturated rings. The van der Waals surface area contributed by atoms with Crippen LogP contribution in [0.4, 0.5) is 0 Å². The van der Waals surface area contributed by atoms with Gasteiger partial charge in [-0.15, -0.1) is 24.0 Å². The zero-order valence-electron chi connectivity index (χ0n) is 15.6. The summed E-state index contributed by atoms with van der Waals surface area (Å²) in [5, 5.41) is 6.79. The van der Waals surface area contributed by atoms with Crippen LogP contribution in [0.25, 0.3) is 0 Å². The van der Waals surface area contributed by atoms with Gasteiger partial charge in [-0.1, -0.05) is 6.92 Å². The number of nitrogens with zero attached hydrogens (tertiary/aromatic N) is 2. The number of furan rings is 1. The normalized spacial score (nSPS) is 16.9. The van der Waals surface area contributed by atoms with Crippen LogP contribution >= 0.6 is 24.0 Å². The summed E-state index contributed by atoms with van der Waals surface area (Å²) in [6.07, 6.45) is 5.05. The van der Waals surface area contributed by atoms with E-state index in [0.717, 1.165) is 50.5 Å². The Kier molecular flexibility index (Phi) is 10.6. The van der Waals surface area contributed by atoms with Crippen LogP contribution in [0.1, 0.15) is 38.9 Å². The minimum atomic E-state index is -3.08. The predicted octanol–water partition coefficient (Wildman–Crippen LogP) is 2.20. The zero-order valence-corrected chi connectivity index (χ0v) is 18.8. The molecule has 2 rings (SSSR count). The number of hydrogen-bond acceptors (Lipinski definition) is 4. The Bertz CT molecular complexity index is 626. The van der Waals surface area contributed by atoms with Gasteiger partial charge in [0.15, 0.2) is 5.96 Å². The van der Waals surface area contributed by atoms with Gasteiger partial charge in [0, 0.05) is 38.6 Å². The van der Waals surface area contributed by atoms with Crippen LogP contribution in [-0.4, -0.2) is 56.7 Å². The summed E-state index contributed by atoms with van der Waals surface area (Å²) < 4.78 is 30.8. The lowest BCUT2D eigenvalue weighted by Gasteiger charge is -2.32. The number of rotatable bonds is 8. The molecule has 26 heavy (non-hydrogen) atoms. The molecule has 1 saturated heterocycles. The SMILES string of the molecule is CCCN=C(NCCc1ccco1)NC1CCN(S(=O)(=O)CC)CC1.I. The lowest BCUT2D eigenvalue weighted by Crippen LogP contribution is -2.50. The second-order valence-electron chi connectivity index (χ2n) is 6.20. The smallest absolute Gasteiger partial charge is 0.213 e. The first-order valence-corrected chi connectivity index (χ1v) is 10.7. The van der Waals surface area contributed by atoms with Crippen molar-refractivity contribution < 1.29 is 12.8 Å². The molecule has 0 unspecified atom stereocenters. The molecule has 9 heteroatoms. The van der Waals surface area contributed by atoms with Crippen LogP contribution in [0, 0.1) is 0 Å². The van der Waals surface area contributed by atoms with Crippen molar-refractivity contribution >= 4 is 40.0 Å². The highest BCUT2D eigenvalue weighted by Crippen LogP contribution is 2.14. The van der Waals surface area contributed by atoms with Gasteiger partial charge in [-0.05, 0) is 38.3 Å². The number of piperidine rings is 1. The van der Waals surface area contributed by atoms with Crippen LogP contribution < -0.4 is 10.6 Å². The third-order valence-corrected chi connectivity index (χ3v) is 6.17. The second-order valence-corrected chi connectivity index (χ2v) is 8.46. The molecule has 2 heterocycles. The third-order valence-electron chi connectivity index (χ3n) is 4.29. The molecule has 2 N–H and O–H groups in total. The lowest BCUT2D eigenvalue weighted by molar-refractivity contribution is 0.306. The summed E-state index contributed by atoms with van der Waals surface area (Å²) >= 11 is 0. The fourth-order valence-corrected chi connectivity index (χ4v) is 3.92. The molecule has 0 bridgehead atoms. The van der Waals surface area contributed by atoms with Crippen molar-refractivity contribution in [3.05, 3.63) is 24.2 Å². The van der Waals surface area contributed by atoms with Crippen molar-refractivity contribution in [2.24, 2.45) is 4.99 Å². The van der Waals surface area contributed by atoms with Gasteiger partial charge in [0.05, 0.1) is 12.0 Å². The van der Waals surface area contributed by atoms with Gasteiger partial charge in [-0.3, -0.25) is 4.99 Å². The molecule has 0 amide bonds. The van der Waals surface area contributed by atoms with Gasteiger partial charge in [0.2, 0.25) is 10.0 Å². The molecule has 0 saturated carbocycles. The molecule has 1 aromatic heterocycles. The van der Waals surface area contributed by atoms with Crippen molar-refractivity contribution in [2.45, 2.75) is 45.6 Å². The number of nitrogens with one attached hydrogen (secondary N) is 2. The molecule has 7 nitrogen and oxygen atoms in total. The highest BCUT2D eigenvalue weighted by Gasteiger charge is 2.26.